The first-order valence-electron chi connectivity index (χ1n) is 6.34. The summed E-state index contributed by atoms with van der Waals surface area (Å²) in [5.74, 6) is 0.148. The van der Waals surface area contributed by atoms with Gasteiger partial charge in [0.2, 0.25) is 5.91 Å². The van der Waals surface area contributed by atoms with Crippen LogP contribution in [0.3, 0.4) is 0 Å². The van der Waals surface area contributed by atoms with E-state index in [1.807, 2.05) is 43.3 Å². The fourth-order valence-corrected chi connectivity index (χ4v) is 2.03. The molecule has 0 fully saturated rings. The SMILES string of the molecule is CCN(C(=O)Cc1ccccc1O)c1ccccc1. The summed E-state index contributed by atoms with van der Waals surface area (Å²) in [6.07, 6.45) is 0.204. The topological polar surface area (TPSA) is 40.5 Å². The van der Waals surface area contributed by atoms with Crippen LogP contribution in [0.5, 0.6) is 5.75 Å². The Hall–Kier alpha value is -2.29. The van der Waals surface area contributed by atoms with Crippen molar-refractivity contribution in [3.8, 4) is 5.75 Å². The van der Waals surface area contributed by atoms with Crippen LogP contribution < -0.4 is 4.90 Å². The Kier molecular flexibility index (Phi) is 4.18. The molecule has 98 valence electrons. The van der Waals surface area contributed by atoms with Gasteiger partial charge in [-0.2, -0.15) is 0 Å². The van der Waals surface area contributed by atoms with Crippen LogP contribution in [0.25, 0.3) is 0 Å². The number of carbonyl (C=O) groups excluding carboxylic acids is 1. The van der Waals surface area contributed by atoms with Crippen molar-refractivity contribution in [3.05, 3.63) is 60.2 Å². The van der Waals surface area contributed by atoms with E-state index in [-0.39, 0.29) is 18.1 Å². The molecule has 0 aliphatic heterocycles. The second kappa shape index (κ2) is 6.05. The molecule has 0 aliphatic rings. The van der Waals surface area contributed by atoms with Crippen molar-refractivity contribution >= 4 is 11.6 Å². The van der Waals surface area contributed by atoms with Gasteiger partial charge in [-0.05, 0) is 25.1 Å². The van der Waals surface area contributed by atoms with Gasteiger partial charge in [0, 0.05) is 17.8 Å². The predicted molar refractivity (Wildman–Crippen MR) is 76.3 cm³/mol. The van der Waals surface area contributed by atoms with Gasteiger partial charge in [0.1, 0.15) is 5.75 Å². The molecule has 1 amide bonds. The number of amides is 1. The largest absolute Gasteiger partial charge is 0.508 e. The standard InChI is InChI=1S/C16H17NO2/c1-2-17(14-9-4-3-5-10-14)16(19)12-13-8-6-7-11-15(13)18/h3-11,18H,2,12H2,1H3. The number of rotatable bonds is 4. The quantitative estimate of drug-likeness (QED) is 0.912. The molecule has 0 spiro atoms. The van der Waals surface area contributed by atoms with E-state index in [4.69, 9.17) is 0 Å². The molecule has 0 aliphatic carbocycles. The van der Waals surface area contributed by atoms with Gasteiger partial charge in [0.15, 0.2) is 0 Å². The average molecular weight is 255 g/mol. The first kappa shape index (κ1) is 13.1. The first-order valence-corrected chi connectivity index (χ1v) is 6.34. The summed E-state index contributed by atoms with van der Waals surface area (Å²) in [5.41, 5.74) is 1.53. The lowest BCUT2D eigenvalue weighted by Crippen LogP contribution is -2.31. The van der Waals surface area contributed by atoms with E-state index in [1.54, 1.807) is 23.1 Å². The Morgan fingerprint density at radius 2 is 1.68 bits per heavy atom. The van der Waals surface area contributed by atoms with Gasteiger partial charge >= 0.3 is 0 Å². The molecule has 0 radical (unpaired) electrons. The summed E-state index contributed by atoms with van der Waals surface area (Å²) in [4.78, 5) is 14.0. The third kappa shape index (κ3) is 3.13. The highest BCUT2D eigenvalue weighted by atomic mass is 16.3. The van der Waals surface area contributed by atoms with Crippen LogP contribution in [-0.2, 0) is 11.2 Å². The van der Waals surface area contributed by atoms with Crippen molar-refractivity contribution in [1.82, 2.24) is 0 Å². The van der Waals surface area contributed by atoms with Gasteiger partial charge in [-0.15, -0.1) is 0 Å². The van der Waals surface area contributed by atoms with E-state index in [0.29, 0.717) is 12.1 Å². The molecular formula is C16H17NO2. The molecule has 0 bridgehead atoms. The number of aromatic hydroxyl groups is 1. The minimum absolute atomic E-state index is 0.0183. The summed E-state index contributed by atoms with van der Waals surface area (Å²) >= 11 is 0. The van der Waals surface area contributed by atoms with Crippen LogP contribution >= 0.6 is 0 Å². The molecule has 2 aromatic carbocycles. The Morgan fingerprint density at radius 1 is 1.05 bits per heavy atom. The number of hydrogen-bond acceptors (Lipinski definition) is 2. The highest BCUT2D eigenvalue weighted by Crippen LogP contribution is 2.19. The summed E-state index contributed by atoms with van der Waals surface area (Å²) in [5, 5.41) is 9.71. The Morgan fingerprint density at radius 3 is 2.32 bits per heavy atom. The van der Waals surface area contributed by atoms with Crippen molar-refractivity contribution in [2.45, 2.75) is 13.3 Å². The number of likely N-dealkylation sites (N-methyl/N-ethyl adjacent to an activating group) is 1. The maximum Gasteiger partial charge on any atom is 0.231 e. The zero-order chi connectivity index (χ0) is 13.7. The minimum Gasteiger partial charge on any atom is -0.508 e. The molecule has 0 heterocycles. The molecule has 3 heteroatoms. The summed E-state index contributed by atoms with van der Waals surface area (Å²) in [7, 11) is 0. The van der Waals surface area contributed by atoms with Crippen molar-refractivity contribution in [3.63, 3.8) is 0 Å². The van der Waals surface area contributed by atoms with Crippen molar-refractivity contribution in [1.29, 1.82) is 0 Å². The van der Waals surface area contributed by atoms with Crippen molar-refractivity contribution in [2.75, 3.05) is 11.4 Å². The average Bonchev–Trinajstić information content (AvgIpc) is 2.43. The predicted octanol–water partition coefficient (Wildman–Crippen LogP) is 2.99. The van der Waals surface area contributed by atoms with Crippen molar-refractivity contribution in [2.24, 2.45) is 0 Å². The van der Waals surface area contributed by atoms with Gasteiger partial charge in [0.05, 0.1) is 6.42 Å². The van der Waals surface area contributed by atoms with E-state index in [9.17, 15) is 9.90 Å². The number of para-hydroxylation sites is 2. The lowest BCUT2D eigenvalue weighted by atomic mass is 10.1. The summed E-state index contributed by atoms with van der Waals surface area (Å²) in [6, 6.07) is 16.5. The van der Waals surface area contributed by atoms with Crippen molar-refractivity contribution < 1.29 is 9.90 Å². The first-order chi connectivity index (χ1) is 9.22. The van der Waals surface area contributed by atoms with Crippen LogP contribution in [0.4, 0.5) is 5.69 Å². The third-order valence-corrected chi connectivity index (χ3v) is 3.02. The molecule has 1 N–H and O–H groups in total. The summed E-state index contributed by atoms with van der Waals surface area (Å²) < 4.78 is 0. The molecule has 0 saturated carbocycles. The number of nitrogens with zero attached hydrogens (tertiary/aromatic N) is 1. The molecule has 0 saturated heterocycles. The number of anilines is 1. The smallest absolute Gasteiger partial charge is 0.231 e. The molecule has 0 aromatic heterocycles. The molecule has 2 aromatic rings. The maximum absolute atomic E-state index is 12.3. The number of benzene rings is 2. The zero-order valence-corrected chi connectivity index (χ0v) is 10.9. The Bertz CT molecular complexity index is 552. The zero-order valence-electron chi connectivity index (χ0n) is 10.9. The minimum atomic E-state index is -0.0183. The molecule has 0 unspecified atom stereocenters. The number of phenols is 1. The number of carbonyl (C=O) groups is 1. The highest BCUT2D eigenvalue weighted by molar-refractivity contribution is 5.94. The lowest BCUT2D eigenvalue weighted by molar-refractivity contribution is -0.118. The van der Waals surface area contributed by atoms with Gasteiger partial charge in [-0.3, -0.25) is 4.79 Å². The molecule has 19 heavy (non-hydrogen) atoms. The van der Waals surface area contributed by atoms with Crippen LogP contribution in [0.2, 0.25) is 0 Å². The van der Waals surface area contributed by atoms with E-state index in [1.165, 1.54) is 0 Å². The summed E-state index contributed by atoms with van der Waals surface area (Å²) in [6.45, 7) is 2.55. The molecule has 2 rings (SSSR count). The number of hydrogen-bond donors (Lipinski definition) is 1. The normalized spacial score (nSPS) is 10.2. The van der Waals surface area contributed by atoms with Gasteiger partial charge in [-0.1, -0.05) is 36.4 Å². The van der Waals surface area contributed by atoms with Gasteiger partial charge in [-0.25, -0.2) is 0 Å². The second-order valence-electron chi connectivity index (χ2n) is 4.28. The molecular weight excluding hydrogens is 238 g/mol. The van der Waals surface area contributed by atoms with Crippen LogP contribution in [-0.4, -0.2) is 17.6 Å². The van der Waals surface area contributed by atoms with E-state index >= 15 is 0 Å². The van der Waals surface area contributed by atoms with E-state index < -0.39 is 0 Å². The Labute approximate surface area is 113 Å². The van der Waals surface area contributed by atoms with Crippen LogP contribution in [0, 0.1) is 0 Å². The third-order valence-electron chi connectivity index (χ3n) is 3.02. The second-order valence-corrected chi connectivity index (χ2v) is 4.28. The Balaban J connectivity index is 2.17. The van der Waals surface area contributed by atoms with Crippen LogP contribution in [0.15, 0.2) is 54.6 Å². The molecule has 3 nitrogen and oxygen atoms in total. The highest BCUT2D eigenvalue weighted by Gasteiger charge is 2.15. The fraction of sp³-hybridized carbons (Fsp3) is 0.188. The van der Waals surface area contributed by atoms with E-state index in [0.717, 1.165) is 5.69 Å². The number of phenolic OH excluding ortho intramolecular Hbond substituents is 1. The van der Waals surface area contributed by atoms with Gasteiger partial charge in [0.25, 0.3) is 0 Å². The monoisotopic (exact) mass is 255 g/mol. The molecule has 0 atom stereocenters. The lowest BCUT2D eigenvalue weighted by Gasteiger charge is -2.21. The maximum atomic E-state index is 12.3. The van der Waals surface area contributed by atoms with Crippen LogP contribution in [0.1, 0.15) is 12.5 Å². The van der Waals surface area contributed by atoms with E-state index in [2.05, 4.69) is 0 Å². The van der Waals surface area contributed by atoms with Gasteiger partial charge < -0.3 is 10.0 Å². The fourth-order valence-electron chi connectivity index (χ4n) is 2.03.